The van der Waals surface area contributed by atoms with Gasteiger partial charge in [0.2, 0.25) is 0 Å². The van der Waals surface area contributed by atoms with E-state index in [-0.39, 0.29) is 0 Å². The van der Waals surface area contributed by atoms with Gasteiger partial charge in [-0.25, -0.2) is 0 Å². The molecule has 0 saturated heterocycles. The summed E-state index contributed by atoms with van der Waals surface area (Å²) >= 11 is 1.76. The first-order valence-electron chi connectivity index (χ1n) is 3.60. The molecule has 62 valence electrons. The van der Waals surface area contributed by atoms with E-state index < -0.39 is 0 Å². The Bertz CT molecular complexity index is 212. The number of thioether (sulfide) groups is 1. The molecule has 3 nitrogen and oxygen atoms in total. The molecular weight excluding hydrogens is 158 g/mol. The van der Waals surface area contributed by atoms with Crippen molar-refractivity contribution in [1.82, 2.24) is 10.2 Å². The number of H-pyrrole nitrogens is 1. The van der Waals surface area contributed by atoms with E-state index in [4.69, 9.17) is 5.73 Å². The number of aryl methyl sites for hydroxylation is 2. The number of rotatable bonds is 3. The SMILES string of the molecule is Cc1n[nH]c(C)c1SCCN. The molecule has 0 spiro atoms. The fourth-order valence-electron chi connectivity index (χ4n) is 0.914. The van der Waals surface area contributed by atoms with Crippen LogP contribution >= 0.6 is 11.8 Å². The molecule has 0 saturated carbocycles. The highest BCUT2D eigenvalue weighted by Crippen LogP contribution is 2.22. The van der Waals surface area contributed by atoms with Crippen LogP contribution < -0.4 is 5.73 Å². The van der Waals surface area contributed by atoms with Crippen LogP contribution in [0.2, 0.25) is 0 Å². The summed E-state index contributed by atoms with van der Waals surface area (Å²) in [6.45, 7) is 4.75. The summed E-state index contributed by atoms with van der Waals surface area (Å²) in [6, 6.07) is 0. The highest BCUT2D eigenvalue weighted by Gasteiger charge is 2.04. The summed E-state index contributed by atoms with van der Waals surface area (Å²) in [7, 11) is 0. The molecule has 4 heteroatoms. The number of aromatic nitrogens is 2. The maximum atomic E-state index is 5.39. The van der Waals surface area contributed by atoms with Crippen LogP contribution in [0.1, 0.15) is 11.4 Å². The first kappa shape index (κ1) is 8.62. The Labute approximate surface area is 70.8 Å². The molecule has 0 bridgehead atoms. The van der Waals surface area contributed by atoms with Crippen LogP contribution in [-0.2, 0) is 0 Å². The lowest BCUT2D eigenvalue weighted by molar-refractivity contribution is 1.02. The van der Waals surface area contributed by atoms with Gasteiger partial charge in [-0.3, -0.25) is 5.10 Å². The van der Waals surface area contributed by atoms with Gasteiger partial charge in [0, 0.05) is 18.0 Å². The maximum absolute atomic E-state index is 5.39. The predicted octanol–water partition coefficient (Wildman–Crippen LogP) is 1.08. The van der Waals surface area contributed by atoms with Crippen molar-refractivity contribution in [1.29, 1.82) is 0 Å². The Kier molecular flexibility index (Phi) is 2.96. The number of nitrogens with zero attached hydrogens (tertiary/aromatic N) is 1. The standard InChI is InChI=1S/C7H13N3S/c1-5-7(11-4-3-8)6(2)10-9-5/h3-4,8H2,1-2H3,(H,9,10). The molecule has 0 aliphatic carbocycles. The largest absolute Gasteiger partial charge is 0.330 e. The summed E-state index contributed by atoms with van der Waals surface area (Å²) < 4.78 is 0. The quantitative estimate of drug-likeness (QED) is 0.669. The van der Waals surface area contributed by atoms with E-state index in [9.17, 15) is 0 Å². The molecule has 3 N–H and O–H groups in total. The highest BCUT2D eigenvalue weighted by atomic mass is 32.2. The number of hydrogen-bond acceptors (Lipinski definition) is 3. The second-order valence-electron chi connectivity index (χ2n) is 2.40. The normalized spacial score (nSPS) is 10.5. The molecule has 0 atom stereocenters. The van der Waals surface area contributed by atoms with Crippen molar-refractivity contribution in [3.05, 3.63) is 11.4 Å². The van der Waals surface area contributed by atoms with E-state index in [2.05, 4.69) is 10.2 Å². The van der Waals surface area contributed by atoms with E-state index in [0.717, 1.165) is 17.1 Å². The topological polar surface area (TPSA) is 54.7 Å². The maximum Gasteiger partial charge on any atom is 0.0729 e. The predicted molar refractivity (Wildman–Crippen MR) is 47.8 cm³/mol. The summed E-state index contributed by atoms with van der Waals surface area (Å²) in [6.07, 6.45) is 0. The number of nitrogens with two attached hydrogens (primary N) is 1. The van der Waals surface area contributed by atoms with Gasteiger partial charge >= 0.3 is 0 Å². The van der Waals surface area contributed by atoms with Crippen LogP contribution in [0, 0.1) is 13.8 Å². The van der Waals surface area contributed by atoms with E-state index in [1.807, 2.05) is 13.8 Å². The third-order valence-corrected chi connectivity index (χ3v) is 2.75. The van der Waals surface area contributed by atoms with Gasteiger partial charge in [0.1, 0.15) is 0 Å². The van der Waals surface area contributed by atoms with Gasteiger partial charge in [0.25, 0.3) is 0 Å². The minimum atomic E-state index is 0.717. The lowest BCUT2D eigenvalue weighted by atomic mass is 10.4. The monoisotopic (exact) mass is 171 g/mol. The van der Waals surface area contributed by atoms with Gasteiger partial charge in [0.05, 0.1) is 10.6 Å². The molecule has 1 rings (SSSR count). The van der Waals surface area contributed by atoms with Crippen molar-refractivity contribution in [3.63, 3.8) is 0 Å². The van der Waals surface area contributed by atoms with Crippen LogP contribution in [0.15, 0.2) is 4.90 Å². The average molecular weight is 171 g/mol. The van der Waals surface area contributed by atoms with E-state index >= 15 is 0 Å². The van der Waals surface area contributed by atoms with Crippen molar-refractivity contribution in [3.8, 4) is 0 Å². The van der Waals surface area contributed by atoms with Crippen molar-refractivity contribution in [2.45, 2.75) is 18.7 Å². The van der Waals surface area contributed by atoms with Crippen LogP contribution in [0.25, 0.3) is 0 Å². The summed E-state index contributed by atoms with van der Waals surface area (Å²) in [5, 5.41) is 7.02. The highest BCUT2D eigenvalue weighted by molar-refractivity contribution is 7.99. The molecule has 0 unspecified atom stereocenters. The van der Waals surface area contributed by atoms with E-state index in [0.29, 0.717) is 6.54 Å². The lowest BCUT2D eigenvalue weighted by Crippen LogP contribution is -2.01. The van der Waals surface area contributed by atoms with E-state index in [1.165, 1.54) is 4.90 Å². The molecule has 0 amide bonds. The number of nitrogens with one attached hydrogen (secondary N) is 1. The van der Waals surface area contributed by atoms with Crippen LogP contribution in [-0.4, -0.2) is 22.5 Å². The Hall–Kier alpha value is -0.480. The first-order chi connectivity index (χ1) is 5.25. The number of aromatic amines is 1. The minimum Gasteiger partial charge on any atom is -0.330 e. The Morgan fingerprint density at radius 1 is 1.55 bits per heavy atom. The van der Waals surface area contributed by atoms with E-state index in [1.54, 1.807) is 11.8 Å². The fourth-order valence-corrected chi connectivity index (χ4v) is 1.75. The third-order valence-electron chi connectivity index (χ3n) is 1.42. The van der Waals surface area contributed by atoms with Gasteiger partial charge in [-0.2, -0.15) is 5.10 Å². The molecule has 0 fully saturated rings. The minimum absolute atomic E-state index is 0.717. The molecule has 11 heavy (non-hydrogen) atoms. The summed E-state index contributed by atoms with van der Waals surface area (Å²) in [5.74, 6) is 0.960. The smallest absolute Gasteiger partial charge is 0.0729 e. The fraction of sp³-hybridized carbons (Fsp3) is 0.571. The third kappa shape index (κ3) is 1.97. The average Bonchev–Trinajstić information content (AvgIpc) is 2.29. The Morgan fingerprint density at radius 3 is 2.73 bits per heavy atom. The van der Waals surface area contributed by atoms with Gasteiger partial charge in [-0.15, -0.1) is 11.8 Å². The first-order valence-corrected chi connectivity index (χ1v) is 4.58. The molecule has 1 aromatic heterocycles. The zero-order valence-electron chi connectivity index (χ0n) is 6.85. The van der Waals surface area contributed by atoms with Gasteiger partial charge < -0.3 is 5.73 Å². The molecule has 0 aromatic carbocycles. The van der Waals surface area contributed by atoms with Crippen LogP contribution in [0.5, 0.6) is 0 Å². The summed E-state index contributed by atoms with van der Waals surface area (Å²) in [5.41, 5.74) is 7.60. The molecule has 0 radical (unpaired) electrons. The molecule has 0 aliphatic heterocycles. The lowest BCUT2D eigenvalue weighted by Gasteiger charge is -1.97. The van der Waals surface area contributed by atoms with Gasteiger partial charge in [-0.05, 0) is 13.8 Å². The van der Waals surface area contributed by atoms with Crippen molar-refractivity contribution in [2.75, 3.05) is 12.3 Å². The van der Waals surface area contributed by atoms with Crippen molar-refractivity contribution >= 4 is 11.8 Å². The van der Waals surface area contributed by atoms with Crippen LogP contribution in [0.4, 0.5) is 0 Å². The second kappa shape index (κ2) is 3.78. The molecule has 0 aliphatic rings. The second-order valence-corrected chi connectivity index (χ2v) is 3.51. The zero-order valence-corrected chi connectivity index (χ0v) is 7.66. The van der Waals surface area contributed by atoms with Crippen LogP contribution in [0.3, 0.4) is 0 Å². The molecule has 1 heterocycles. The van der Waals surface area contributed by atoms with Gasteiger partial charge in [0.15, 0.2) is 0 Å². The Balaban J connectivity index is 2.67. The van der Waals surface area contributed by atoms with Crippen molar-refractivity contribution in [2.24, 2.45) is 5.73 Å². The zero-order chi connectivity index (χ0) is 8.27. The molecule has 1 aromatic rings. The van der Waals surface area contributed by atoms with Crippen molar-refractivity contribution < 1.29 is 0 Å². The number of hydrogen-bond donors (Lipinski definition) is 2. The molecular formula is C7H13N3S. The summed E-state index contributed by atoms with van der Waals surface area (Å²) in [4.78, 5) is 1.25. The Morgan fingerprint density at radius 2 is 2.27 bits per heavy atom. The van der Waals surface area contributed by atoms with Gasteiger partial charge in [-0.1, -0.05) is 0 Å².